The van der Waals surface area contributed by atoms with Crippen LogP contribution in [0.2, 0.25) is 20.3 Å². The van der Waals surface area contributed by atoms with Gasteiger partial charge < -0.3 is 0 Å². The van der Waals surface area contributed by atoms with Gasteiger partial charge in [0.05, 0.1) is 0 Å². The van der Waals surface area contributed by atoms with Crippen LogP contribution in [0.1, 0.15) is 38.5 Å². The van der Waals surface area contributed by atoms with Crippen molar-refractivity contribution in [3.8, 4) is 0 Å². The number of fused-ring (bicyclic) bond motifs is 2. The summed E-state index contributed by atoms with van der Waals surface area (Å²) in [6.45, 7) is 5.40. The molecule has 4 aliphatic carbocycles. The minimum absolute atomic E-state index is 0.458. The summed E-state index contributed by atoms with van der Waals surface area (Å²) in [7, 11) is 0. The van der Waals surface area contributed by atoms with Crippen molar-refractivity contribution in [3.63, 3.8) is 0 Å². The zero-order valence-electron chi connectivity index (χ0n) is 14.1. The van der Waals surface area contributed by atoms with Crippen molar-refractivity contribution < 1.29 is 20.9 Å². The van der Waals surface area contributed by atoms with Gasteiger partial charge in [-0.05, 0) is 0 Å². The number of hydrogen-bond donors (Lipinski definition) is 0. The number of rotatable bonds is 3. The summed E-state index contributed by atoms with van der Waals surface area (Å²) >= 11 is -1.36. The van der Waals surface area contributed by atoms with E-state index in [0.29, 0.717) is 0 Å². The first-order valence-corrected chi connectivity index (χ1v) is 19.3. The number of allylic oxidation sites excluding steroid dienone is 8. The predicted octanol–water partition coefficient (Wildman–Crippen LogP) is 5.76. The third kappa shape index (κ3) is 2.69. The van der Waals surface area contributed by atoms with Crippen molar-refractivity contribution in [2.75, 3.05) is 0 Å². The van der Waals surface area contributed by atoms with E-state index in [1.54, 1.807) is 12.8 Å². The molecule has 2 saturated carbocycles. The molecule has 0 nitrogen and oxygen atoms in total. The van der Waals surface area contributed by atoms with Crippen LogP contribution in [0.3, 0.4) is 0 Å². The topological polar surface area (TPSA) is 0 Å². The van der Waals surface area contributed by atoms with Crippen molar-refractivity contribution in [1.82, 2.24) is 0 Å². The second-order valence-electron chi connectivity index (χ2n) is 7.97. The molecular formula is C20H29SiZr. The summed E-state index contributed by atoms with van der Waals surface area (Å²) in [5.41, 5.74) is 3.85. The molecule has 0 aromatic rings. The van der Waals surface area contributed by atoms with Gasteiger partial charge in [-0.2, -0.15) is 0 Å². The first kappa shape index (κ1) is 15.6. The van der Waals surface area contributed by atoms with Crippen LogP contribution in [0.5, 0.6) is 0 Å². The van der Waals surface area contributed by atoms with Gasteiger partial charge in [0.15, 0.2) is 0 Å². The van der Waals surface area contributed by atoms with Crippen molar-refractivity contribution in [3.05, 3.63) is 47.6 Å². The molecule has 0 saturated heterocycles. The average molecular weight is 389 g/mol. The van der Waals surface area contributed by atoms with Crippen LogP contribution in [0.4, 0.5) is 0 Å². The average Bonchev–Trinajstić information content (AvgIpc) is 3.13. The standard InChI is InChI=1S/2C9H11.C2H7Si.Zr/c2*1-2-5-9-7-3-6-8(9)4-1;1-3-2;/h2*1-2,4,6,9H,3,5,7H2;3H,1-2H3;. The van der Waals surface area contributed by atoms with E-state index in [1.165, 1.54) is 25.7 Å². The van der Waals surface area contributed by atoms with Crippen molar-refractivity contribution in [2.24, 2.45) is 11.8 Å². The SMILES string of the molecule is C[SiH](C)[Zr]([CH]1CCC2CC=CC=C21)[CH]1CCC2CC=CC=C21. The van der Waals surface area contributed by atoms with Gasteiger partial charge in [-0.3, -0.25) is 0 Å². The molecule has 0 aromatic heterocycles. The fraction of sp³-hybridized carbons (Fsp3) is 0.600. The second kappa shape index (κ2) is 6.52. The van der Waals surface area contributed by atoms with Crippen LogP contribution in [0.15, 0.2) is 47.6 Å². The summed E-state index contributed by atoms with van der Waals surface area (Å²) in [4.78, 5) is 0. The van der Waals surface area contributed by atoms with Gasteiger partial charge in [-0.15, -0.1) is 0 Å². The third-order valence-electron chi connectivity index (χ3n) is 6.52. The Balaban J connectivity index is 1.64. The molecule has 0 spiro atoms. The Kier molecular flexibility index (Phi) is 4.62. The Bertz CT molecular complexity index is 508. The Morgan fingerprint density at radius 1 is 0.818 bits per heavy atom. The Morgan fingerprint density at radius 2 is 1.32 bits per heavy atom. The van der Waals surface area contributed by atoms with Crippen molar-refractivity contribution >= 4 is 5.92 Å². The third-order valence-corrected chi connectivity index (χ3v) is 29.5. The second-order valence-corrected chi connectivity index (χ2v) is 28.6. The quantitative estimate of drug-likeness (QED) is 0.539. The van der Waals surface area contributed by atoms with E-state index in [-0.39, 0.29) is 0 Å². The first-order chi connectivity index (χ1) is 10.8. The van der Waals surface area contributed by atoms with Gasteiger partial charge in [-0.25, -0.2) is 0 Å². The molecule has 4 unspecified atom stereocenters. The Morgan fingerprint density at radius 3 is 1.77 bits per heavy atom. The molecule has 0 bridgehead atoms. The molecule has 117 valence electrons. The fourth-order valence-corrected chi connectivity index (χ4v) is 30.5. The van der Waals surface area contributed by atoms with Crippen LogP contribution in [0.25, 0.3) is 0 Å². The zero-order valence-corrected chi connectivity index (χ0v) is 17.7. The summed E-state index contributed by atoms with van der Waals surface area (Å²) in [5, 5.41) is 0. The summed E-state index contributed by atoms with van der Waals surface area (Å²) in [5.74, 6) is 1.42. The van der Waals surface area contributed by atoms with Crippen LogP contribution < -0.4 is 0 Å². The molecule has 0 heterocycles. The van der Waals surface area contributed by atoms with Crippen molar-refractivity contribution in [2.45, 2.75) is 58.9 Å². The van der Waals surface area contributed by atoms with Gasteiger partial charge in [0.25, 0.3) is 0 Å². The summed E-state index contributed by atoms with van der Waals surface area (Å²) in [6, 6.07) is 0. The van der Waals surface area contributed by atoms with Gasteiger partial charge >= 0.3 is 145 Å². The van der Waals surface area contributed by atoms with Gasteiger partial charge in [0, 0.05) is 0 Å². The van der Waals surface area contributed by atoms with E-state index in [0.717, 1.165) is 19.1 Å². The molecule has 4 rings (SSSR count). The maximum atomic E-state index is 2.70. The van der Waals surface area contributed by atoms with E-state index in [1.807, 2.05) is 11.1 Å². The monoisotopic (exact) mass is 387 g/mol. The predicted molar refractivity (Wildman–Crippen MR) is 95.5 cm³/mol. The van der Waals surface area contributed by atoms with Crippen LogP contribution in [-0.2, 0) is 20.9 Å². The number of hydrogen-bond acceptors (Lipinski definition) is 0. The van der Waals surface area contributed by atoms with Crippen LogP contribution >= 0.6 is 0 Å². The van der Waals surface area contributed by atoms with Crippen molar-refractivity contribution in [1.29, 1.82) is 0 Å². The summed E-state index contributed by atoms with van der Waals surface area (Å²) < 4.78 is 2.22. The van der Waals surface area contributed by atoms with Crippen LogP contribution in [0, 0.1) is 11.8 Å². The molecule has 4 aliphatic rings. The molecule has 0 radical (unpaired) electrons. The molecule has 0 amide bonds. The van der Waals surface area contributed by atoms with Gasteiger partial charge in [0.2, 0.25) is 0 Å². The normalized spacial score (nSPS) is 36.1. The summed E-state index contributed by atoms with van der Waals surface area (Å²) in [6.07, 6.45) is 23.5. The Labute approximate surface area is 144 Å². The van der Waals surface area contributed by atoms with E-state index in [2.05, 4.69) is 49.6 Å². The van der Waals surface area contributed by atoms with Crippen LogP contribution in [-0.4, -0.2) is 5.92 Å². The van der Waals surface area contributed by atoms with E-state index in [4.69, 9.17) is 0 Å². The molecule has 0 aliphatic heterocycles. The zero-order chi connectivity index (χ0) is 15.1. The molecule has 4 atom stereocenters. The van der Waals surface area contributed by atoms with E-state index in [9.17, 15) is 0 Å². The van der Waals surface area contributed by atoms with Gasteiger partial charge in [-0.1, -0.05) is 0 Å². The molecule has 0 N–H and O–H groups in total. The Hall–Kier alpha value is 0.0600. The molecule has 2 fully saturated rings. The maximum absolute atomic E-state index is 2.70. The molecule has 2 heteroatoms. The molecule has 22 heavy (non-hydrogen) atoms. The van der Waals surface area contributed by atoms with Gasteiger partial charge in [0.1, 0.15) is 0 Å². The molecule has 0 aromatic carbocycles. The minimum atomic E-state index is -1.36. The first-order valence-electron chi connectivity index (χ1n) is 9.35. The van der Waals surface area contributed by atoms with E-state index >= 15 is 0 Å². The van der Waals surface area contributed by atoms with E-state index < -0.39 is 26.8 Å². The fourth-order valence-electron chi connectivity index (χ4n) is 5.59. The molecular weight excluding hydrogens is 360 g/mol.